The third-order valence-corrected chi connectivity index (χ3v) is 2.98. The molecular formula is C16H21N3O2. The van der Waals surface area contributed by atoms with Crippen molar-refractivity contribution in [3.05, 3.63) is 41.7 Å². The van der Waals surface area contributed by atoms with Crippen LogP contribution in [0.1, 0.15) is 32.2 Å². The Kier molecular flexibility index (Phi) is 4.43. The molecule has 0 aliphatic carbocycles. The first-order chi connectivity index (χ1) is 9.88. The summed E-state index contributed by atoms with van der Waals surface area (Å²) in [4.78, 5) is 8.32. The van der Waals surface area contributed by atoms with Gasteiger partial charge in [-0.25, -0.2) is 4.98 Å². The number of nitrogen functional groups attached to an aromatic ring is 1. The van der Waals surface area contributed by atoms with E-state index in [-0.39, 0.29) is 5.41 Å². The molecule has 0 bridgehead atoms. The van der Waals surface area contributed by atoms with Crippen LogP contribution in [0.15, 0.2) is 30.3 Å². The number of ether oxygens (including phenoxy) is 2. The van der Waals surface area contributed by atoms with Crippen molar-refractivity contribution < 1.29 is 9.47 Å². The molecule has 1 aromatic heterocycles. The Morgan fingerprint density at radius 1 is 1.10 bits per heavy atom. The average molecular weight is 287 g/mol. The van der Waals surface area contributed by atoms with Crippen LogP contribution in [0.25, 0.3) is 0 Å². The third-order valence-electron chi connectivity index (χ3n) is 2.98. The van der Waals surface area contributed by atoms with Crippen molar-refractivity contribution in [2.75, 3.05) is 12.8 Å². The number of rotatable bonds is 4. The van der Waals surface area contributed by atoms with Crippen molar-refractivity contribution >= 4 is 5.82 Å². The maximum atomic E-state index is 5.74. The fourth-order valence-electron chi connectivity index (χ4n) is 1.88. The van der Waals surface area contributed by atoms with Gasteiger partial charge < -0.3 is 15.2 Å². The van der Waals surface area contributed by atoms with Gasteiger partial charge in [-0.05, 0) is 23.1 Å². The summed E-state index contributed by atoms with van der Waals surface area (Å²) in [6, 6.07) is 9.55. The molecule has 2 N–H and O–H groups in total. The van der Waals surface area contributed by atoms with Gasteiger partial charge in [0.05, 0.1) is 0 Å². The second-order valence-corrected chi connectivity index (χ2v) is 5.86. The number of nitrogens with two attached hydrogens (primary N) is 1. The number of methoxy groups -OCH3 is 1. The Labute approximate surface area is 125 Å². The van der Waals surface area contributed by atoms with E-state index in [9.17, 15) is 0 Å². The van der Waals surface area contributed by atoms with E-state index in [0.717, 1.165) is 0 Å². The van der Waals surface area contributed by atoms with E-state index in [1.165, 1.54) is 5.56 Å². The molecule has 2 rings (SSSR count). The van der Waals surface area contributed by atoms with Crippen LogP contribution in [0, 0.1) is 0 Å². The van der Waals surface area contributed by atoms with Gasteiger partial charge in [0, 0.05) is 13.2 Å². The van der Waals surface area contributed by atoms with Gasteiger partial charge in [-0.3, -0.25) is 0 Å². The molecular weight excluding hydrogens is 266 g/mol. The van der Waals surface area contributed by atoms with Crippen molar-refractivity contribution in [2.24, 2.45) is 0 Å². The number of hydrogen-bond acceptors (Lipinski definition) is 5. The summed E-state index contributed by atoms with van der Waals surface area (Å²) < 4.78 is 10.7. The van der Waals surface area contributed by atoms with Gasteiger partial charge in [0.25, 0.3) is 0 Å². The summed E-state index contributed by atoms with van der Waals surface area (Å²) in [5.74, 6) is 1.99. The van der Waals surface area contributed by atoms with Crippen LogP contribution in [-0.2, 0) is 16.8 Å². The summed E-state index contributed by atoms with van der Waals surface area (Å²) in [5, 5.41) is 0. The predicted octanol–water partition coefficient (Wildman–Crippen LogP) is 3.30. The van der Waals surface area contributed by atoms with Crippen LogP contribution >= 0.6 is 0 Å². The first kappa shape index (κ1) is 15.3. The Morgan fingerprint density at radius 2 is 1.76 bits per heavy atom. The van der Waals surface area contributed by atoms with E-state index < -0.39 is 0 Å². The molecule has 2 aromatic rings. The molecule has 21 heavy (non-hydrogen) atoms. The minimum absolute atomic E-state index is 0.115. The fraction of sp³-hybridized carbons (Fsp3) is 0.375. The Balaban J connectivity index is 2.18. The Hall–Kier alpha value is -2.14. The minimum atomic E-state index is 0.115. The van der Waals surface area contributed by atoms with Crippen molar-refractivity contribution in [3.63, 3.8) is 0 Å². The second kappa shape index (κ2) is 6.10. The molecule has 0 aliphatic rings. The molecule has 0 radical (unpaired) electrons. The molecule has 0 fully saturated rings. The van der Waals surface area contributed by atoms with Crippen LogP contribution in [0.3, 0.4) is 0 Å². The zero-order valence-corrected chi connectivity index (χ0v) is 12.9. The topological polar surface area (TPSA) is 70.3 Å². The monoisotopic (exact) mass is 287 g/mol. The van der Waals surface area contributed by atoms with E-state index in [1.807, 2.05) is 12.1 Å². The van der Waals surface area contributed by atoms with Crippen LogP contribution in [0.2, 0.25) is 0 Å². The quantitative estimate of drug-likeness (QED) is 0.934. The van der Waals surface area contributed by atoms with Gasteiger partial charge in [-0.15, -0.1) is 0 Å². The minimum Gasteiger partial charge on any atom is -0.439 e. The van der Waals surface area contributed by atoms with Gasteiger partial charge in [0.15, 0.2) is 5.82 Å². The molecule has 5 nitrogen and oxygen atoms in total. The molecule has 0 amide bonds. The number of benzene rings is 1. The fourth-order valence-corrected chi connectivity index (χ4v) is 1.88. The summed E-state index contributed by atoms with van der Waals surface area (Å²) in [6.45, 7) is 6.81. The lowest BCUT2D eigenvalue weighted by atomic mass is 9.87. The maximum absolute atomic E-state index is 5.74. The van der Waals surface area contributed by atoms with Gasteiger partial charge in [0.1, 0.15) is 18.2 Å². The summed E-state index contributed by atoms with van der Waals surface area (Å²) in [7, 11) is 1.58. The third kappa shape index (κ3) is 4.16. The van der Waals surface area contributed by atoms with E-state index >= 15 is 0 Å². The van der Waals surface area contributed by atoms with Gasteiger partial charge >= 0.3 is 0 Å². The molecule has 0 spiro atoms. The van der Waals surface area contributed by atoms with Crippen LogP contribution in [0.5, 0.6) is 11.6 Å². The lowest BCUT2D eigenvalue weighted by Gasteiger charge is -2.19. The summed E-state index contributed by atoms with van der Waals surface area (Å²) >= 11 is 0. The number of hydrogen-bond donors (Lipinski definition) is 1. The van der Waals surface area contributed by atoms with E-state index in [2.05, 4.69) is 42.9 Å². The zero-order chi connectivity index (χ0) is 15.5. The molecule has 1 heterocycles. The maximum Gasteiger partial charge on any atom is 0.224 e. The SMILES string of the molecule is COCc1nc(N)cc(Oc2ccc(C(C)(C)C)cc2)n1. The molecule has 0 aliphatic heterocycles. The van der Waals surface area contributed by atoms with Crippen LogP contribution < -0.4 is 10.5 Å². The highest BCUT2D eigenvalue weighted by Gasteiger charge is 2.13. The second-order valence-electron chi connectivity index (χ2n) is 5.86. The lowest BCUT2D eigenvalue weighted by Crippen LogP contribution is -2.10. The van der Waals surface area contributed by atoms with Crippen molar-refractivity contribution in [3.8, 4) is 11.6 Å². The highest BCUT2D eigenvalue weighted by Crippen LogP contribution is 2.26. The van der Waals surface area contributed by atoms with Gasteiger partial charge in [-0.1, -0.05) is 32.9 Å². The van der Waals surface area contributed by atoms with Crippen LogP contribution in [0.4, 0.5) is 5.82 Å². The smallest absolute Gasteiger partial charge is 0.224 e. The lowest BCUT2D eigenvalue weighted by molar-refractivity contribution is 0.177. The van der Waals surface area contributed by atoms with Crippen molar-refractivity contribution in [1.82, 2.24) is 9.97 Å². The zero-order valence-electron chi connectivity index (χ0n) is 12.9. The average Bonchev–Trinajstić information content (AvgIpc) is 2.38. The largest absolute Gasteiger partial charge is 0.439 e. The predicted molar refractivity (Wildman–Crippen MR) is 82.4 cm³/mol. The normalized spacial score (nSPS) is 11.4. The first-order valence-corrected chi connectivity index (χ1v) is 6.79. The van der Waals surface area contributed by atoms with E-state index in [0.29, 0.717) is 29.9 Å². The molecule has 0 atom stereocenters. The highest BCUT2D eigenvalue weighted by molar-refractivity contribution is 5.37. The molecule has 1 aromatic carbocycles. The molecule has 112 valence electrons. The summed E-state index contributed by atoms with van der Waals surface area (Å²) in [5.41, 5.74) is 7.10. The first-order valence-electron chi connectivity index (χ1n) is 6.79. The molecule has 0 unspecified atom stereocenters. The molecule has 0 saturated heterocycles. The Bertz CT molecular complexity index is 604. The molecule has 0 saturated carbocycles. The number of anilines is 1. The van der Waals surface area contributed by atoms with Gasteiger partial charge in [0.2, 0.25) is 5.88 Å². The van der Waals surface area contributed by atoms with Crippen molar-refractivity contribution in [1.29, 1.82) is 0 Å². The summed E-state index contributed by atoms with van der Waals surface area (Å²) in [6.07, 6.45) is 0. The Morgan fingerprint density at radius 3 is 2.33 bits per heavy atom. The van der Waals surface area contributed by atoms with Crippen molar-refractivity contribution in [2.45, 2.75) is 32.8 Å². The molecule has 5 heteroatoms. The number of aromatic nitrogens is 2. The highest BCUT2D eigenvalue weighted by atomic mass is 16.5. The van der Waals surface area contributed by atoms with E-state index in [1.54, 1.807) is 13.2 Å². The van der Waals surface area contributed by atoms with Crippen LogP contribution in [-0.4, -0.2) is 17.1 Å². The number of nitrogens with zero attached hydrogens (tertiary/aromatic N) is 2. The van der Waals surface area contributed by atoms with E-state index in [4.69, 9.17) is 15.2 Å². The standard InChI is InChI=1S/C16H21N3O2/c1-16(2,3)11-5-7-12(8-6-11)21-15-9-13(17)18-14(19-15)10-20-4/h5-9H,10H2,1-4H3,(H2,17,18,19). The van der Waals surface area contributed by atoms with Gasteiger partial charge in [-0.2, -0.15) is 4.98 Å².